The second-order valence-electron chi connectivity index (χ2n) is 5.81. The summed E-state index contributed by atoms with van der Waals surface area (Å²) < 4.78 is 13.3. The van der Waals surface area contributed by atoms with Crippen LogP contribution in [0, 0.1) is 5.82 Å². The molecule has 1 aromatic carbocycles. The number of benzene rings is 1. The van der Waals surface area contributed by atoms with Gasteiger partial charge in [-0.2, -0.15) is 0 Å². The lowest BCUT2D eigenvalue weighted by Gasteiger charge is -2.39. The molecule has 116 valence electrons. The van der Waals surface area contributed by atoms with E-state index in [9.17, 15) is 9.18 Å². The molecule has 21 heavy (non-hydrogen) atoms. The first-order chi connectivity index (χ1) is 9.97. The standard InChI is InChI=1S/C16H23FN2O2/c1-12(13-4-3-5-14(17)10-13)19-8-6-15(7-9-19)18(2)11-16(20)21/h3-5,10,12,15H,6-9,11H2,1-2H3,(H,20,21). The van der Waals surface area contributed by atoms with Gasteiger partial charge in [-0.25, -0.2) is 4.39 Å². The molecule has 0 saturated carbocycles. The van der Waals surface area contributed by atoms with Crippen molar-refractivity contribution in [3.63, 3.8) is 0 Å². The molecule has 0 spiro atoms. The highest BCUT2D eigenvalue weighted by Gasteiger charge is 2.26. The number of halogens is 1. The van der Waals surface area contributed by atoms with E-state index in [4.69, 9.17) is 5.11 Å². The van der Waals surface area contributed by atoms with Gasteiger partial charge < -0.3 is 5.11 Å². The molecular formula is C16H23FN2O2. The summed E-state index contributed by atoms with van der Waals surface area (Å²) in [7, 11) is 1.87. The van der Waals surface area contributed by atoms with Crippen LogP contribution in [-0.2, 0) is 4.79 Å². The molecule has 1 saturated heterocycles. The van der Waals surface area contributed by atoms with Crippen LogP contribution in [-0.4, -0.2) is 53.6 Å². The molecule has 4 nitrogen and oxygen atoms in total. The minimum atomic E-state index is -0.784. The summed E-state index contributed by atoms with van der Waals surface area (Å²) in [5, 5.41) is 8.84. The number of likely N-dealkylation sites (N-methyl/N-ethyl adjacent to an activating group) is 1. The van der Waals surface area contributed by atoms with Gasteiger partial charge in [0.1, 0.15) is 5.82 Å². The van der Waals surface area contributed by atoms with Gasteiger partial charge in [0.25, 0.3) is 0 Å². The SMILES string of the molecule is CC(c1cccc(F)c1)N1CCC(N(C)CC(=O)O)CC1. The maximum absolute atomic E-state index is 13.3. The molecule has 1 aromatic rings. The maximum atomic E-state index is 13.3. The molecule has 1 aliphatic heterocycles. The van der Waals surface area contributed by atoms with Crippen LogP contribution in [0.15, 0.2) is 24.3 Å². The van der Waals surface area contributed by atoms with E-state index < -0.39 is 5.97 Å². The first-order valence-corrected chi connectivity index (χ1v) is 7.39. The van der Waals surface area contributed by atoms with E-state index in [1.165, 1.54) is 6.07 Å². The molecule has 2 rings (SSSR count). The minimum Gasteiger partial charge on any atom is -0.480 e. The second kappa shape index (κ2) is 7.00. The van der Waals surface area contributed by atoms with Crippen LogP contribution in [0.3, 0.4) is 0 Å². The fraction of sp³-hybridized carbons (Fsp3) is 0.562. The summed E-state index contributed by atoms with van der Waals surface area (Å²) in [4.78, 5) is 15.0. The smallest absolute Gasteiger partial charge is 0.317 e. The van der Waals surface area contributed by atoms with Gasteiger partial charge >= 0.3 is 5.97 Å². The summed E-state index contributed by atoms with van der Waals surface area (Å²) in [6.07, 6.45) is 1.90. The van der Waals surface area contributed by atoms with Crippen LogP contribution in [0.25, 0.3) is 0 Å². The van der Waals surface area contributed by atoms with Crippen LogP contribution < -0.4 is 0 Å². The number of piperidine rings is 1. The van der Waals surface area contributed by atoms with Crippen LogP contribution in [0.2, 0.25) is 0 Å². The average Bonchev–Trinajstić information content (AvgIpc) is 2.46. The third-order valence-corrected chi connectivity index (χ3v) is 4.39. The van der Waals surface area contributed by atoms with Gasteiger partial charge in [0.15, 0.2) is 0 Å². The van der Waals surface area contributed by atoms with Gasteiger partial charge in [0, 0.05) is 25.2 Å². The lowest BCUT2D eigenvalue weighted by molar-refractivity contribution is -0.138. The lowest BCUT2D eigenvalue weighted by Crippen LogP contribution is -2.45. The van der Waals surface area contributed by atoms with Crippen LogP contribution in [0.4, 0.5) is 4.39 Å². The topological polar surface area (TPSA) is 43.8 Å². The van der Waals surface area contributed by atoms with Gasteiger partial charge in [-0.15, -0.1) is 0 Å². The van der Waals surface area contributed by atoms with Crippen molar-refractivity contribution in [1.29, 1.82) is 0 Å². The molecule has 1 N–H and O–H groups in total. The third-order valence-electron chi connectivity index (χ3n) is 4.39. The first kappa shape index (κ1) is 15.9. The highest BCUT2D eigenvalue weighted by Crippen LogP contribution is 2.25. The van der Waals surface area contributed by atoms with Gasteiger partial charge in [-0.05, 0) is 44.5 Å². The molecule has 1 unspecified atom stereocenters. The van der Waals surface area contributed by atoms with E-state index >= 15 is 0 Å². The Kier molecular flexibility index (Phi) is 5.31. The summed E-state index contributed by atoms with van der Waals surface area (Å²) in [5.74, 6) is -0.983. The van der Waals surface area contributed by atoms with Crippen molar-refractivity contribution in [2.45, 2.75) is 31.8 Å². The summed E-state index contributed by atoms with van der Waals surface area (Å²) >= 11 is 0. The largest absolute Gasteiger partial charge is 0.480 e. The molecular weight excluding hydrogens is 271 g/mol. The summed E-state index contributed by atoms with van der Waals surface area (Å²) in [6.45, 7) is 4.00. The molecule has 1 aliphatic rings. The number of aliphatic carboxylic acids is 1. The van der Waals surface area contributed by atoms with Crippen molar-refractivity contribution in [2.75, 3.05) is 26.7 Å². The highest BCUT2D eigenvalue weighted by molar-refractivity contribution is 5.69. The van der Waals surface area contributed by atoms with Gasteiger partial charge in [-0.1, -0.05) is 12.1 Å². The van der Waals surface area contributed by atoms with Crippen molar-refractivity contribution in [3.05, 3.63) is 35.6 Å². The predicted octanol–water partition coefficient (Wildman–Crippen LogP) is 2.37. The number of nitrogens with zero attached hydrogens (tertiary/aromatic N) is 2. The lowest BCUT2D eigenvalue weighted by atomic mass is 9.99. The van der Waals surface area contributed by atoms with E-state index in [-0.39, 0.29) is 18.4 Å². The molecule has 1 atom stereocenters. The Balaban J connectivity index is 1.90. The fourth-order valence-electron chi connectivity index (χ4n) is 3.03. The number of likely N-dealkylation sites (tertiary alicyclic amines) is 1. The van der Waals surface area contributed by atoms with Crippen molar-refractivity contribution < 1.29 is 14.3 Å². The molecule has 1 fully saturated rings. The van der Waals surface area contributed by atoms with Crippen LogP contribution in [0.1, 0.15) is 31.4 Å². The Morgan fingerprint density at radius 1 is 1.48 bits per heavy atom. The molecule has 0 amide bonds. The van der Waals surface area contributed by atoms with E-state index in [0.717, 1.165) is 31.5 Å². The number of hydrogen-bond acceptors (Lipinski definition) is 3. The average molecular weight is 294 g/mol. The number of rotatable bonds is 5. The van der Waals surface area contributed by atoms with E-state index in [2.05, 4.69) is 11.8 Å². The summed E-state index contributed by atoms with van der Waals surface area (Å²) in [6, 6.07) is 7.25. The Bertz CT molecular complexity index is 487. The van der Waals surface area contributed by atoms with Crippen molar-refractivity contribution >= 4 is 5.97 Å². The van der Waals surface area contributed by atoms with Crippen LogP contribution in [0.5, 0.6) is 0 Å². The molecule has 0 radical (unpaired) electrons. The maximum Gasteiger partial charge on any atom is 0.317 e. The number of carboxylic acids is 1. The van der Waals surface area contributed by atoms with Crippen molar-refractivity contribution in [2.24, 2.45) is 0 Å². The van der Waals surface area contributed by atoms with E-state index in [1.807, 2.05) is 18.0 Å². The van der Waals surface area contributed by atoms with Crippen molar-refractivity contribution in [1.82, 2.24) is 9.80 Å². The Labute approximate surface area is 125 Å². The zero-order chi connectivity index (χ0) is 15.4. The normalized spacial score (nSPS) is 18.9. The Hall–Kier alpha value is -1.46. The zero-order valence-electron chi connectivity index (χ0n) is 12.6. The fourth-order valence-corrected chi connectivity index (χ4v) is 3.03. The van der Waals surface area contributed by atoms with Crippen molar-refractivity contribution in [3.8, 4) is 0 Å². The van der Waals surface area contributed by atoms with Gasteiger partial charge in [-0.3, -0.25) is 14.6 Å². The summed E-state index contributed by atoms with van der Waals surface area (Å²) in [5.41, 5.74) is 0.993. The Morgan fingerprint density at radius 3 is 2.71 bits per heavy atom. The highest BCUT2D eigenvalue weighted by atomic mass is 19.1. The number of hydrogen-bond donors (Lipinski definition) is 1. The second-order valence-corrected chi connectivity index (χ2v) is 5.81. The molecule has 1 heterocycles. The first-order valence-electron chi connectivity index (χ1n) is 7.39. The zero-order valence-corrected chi connectivity index (χ0v) is 12.6. The predicted molar refractivity (Wildman–Crippen MR) is 79.7 cm³/mol. The van der Waals surface area contributed by atoms with Crippen LogP contribution >= 0.6 is 0 Å². The monoisotopic (exact) mass is 294 g/mol. The molecule has 0 bridgehead atoms. The third kappa shape index (κ3) is 4.25. The molecule has 5 heteroatoms. The number of carboxylic acid groups (broad SMARTS) is 1. The van der Waals surface area contributed by atoms with Gasteiger partial charge in [0.05, 0.1) is 6.54 Å². The molecule has 0 aliphatic carbocycles. The molecule has 0 aromatic heterocycles. The number of carbonyl (C=O) groups is 1. The van der Waals surface area contributed by atoms with Gasteiger partial charge in [0.2, 0.25) is 0 Å². The minimum absolute atomic E-state index is 0.0874. The van der Waals surface area contributed by atoms with E-state index in [1.54, 1.807) is 12.1 Å². The quantitative estimate of drug-likeness (QED) is 0.905. The van der Waals surface area contributed by atoms with E-state index in [0.29, 0.717) is 6.04 Å². The Morgan fingerprint density at radius 2 is 2.14 bits per heavy atom.